The number of hydrogen-bond acceptors (Lipinski definition) is 12. The van der Waals surface area contributed by atoms with Crippen LogP contribution in [0.25, 0.3) is 45.1 Å². The Morgan fingerprint density at radius 3 is 1.14 bits per heavy atom. The van der Waals surface area contributed by atoms with Crippen molar-refractivity contribution in [2.45, 2.75) is 0 Å². The van der Waals surface area contributed by atoms with Crippen LogP contribution >= 0.6 is 0 Å². The van der Waals surface area contributed by atoms with Gasteiger partial charge < -0.3 is 44.4 Å². The topological polar surface area (TPSA) is 108 Å². The molecule has 0 spiro atoms. The zero-order chi connectivity index (χ0) is 53.6. The molecular weight excluding hydrogens is 1030 g/mol. The lowest BCUT2D eigenvalue weighted by atomic mass is 10.1. The molecule has 2 aliphatic heterocycles. The first-order valence-electron chi connectivity index (χ1n) is 26.4. The number of anilines is 9. The van der Waals surface area contributed by atoms with Gasteiger partial charge in [-0.05, 0) is 146 Å². The molecule has 13 aromatic rings. The third kappa shape index (κ3) is 8.94. The molecule has 0 atom stereocenters. The summed E-state index contributed by atoms with van der Waals surface area (Å²) < 4.78 is 48.0. The molecule has 0 bridgehead atoms. The van der Waals surface area contributed by atoms with Crippen molar-refractivity contribution in [3.05, 3.63) is 267 Å². The van der Waals surface area contributed by atoms with Gasteiger partial charge in [0.2, 0.25) is 11.8 Å². The third-order valence-corrected chi connectivity index (χ3v) is 15.5. The van der Waals surface area contributed by atoms with Crippen LogP contribution in [0.15, 0.2) is 276 Å². The maximum atomic E-state index is 7.42. The van der Waals surface area contributed by atoms with Crippen molar-refractivity contribution in [2.75, 3.05) is 14.7 Å². The molecule has 386 valence electrons. The van der Waals surface area contributed by atoms with E-state index in [1.54, 1.807) is 0 Å². The van der Waals surface area contributed by atoms with Crippen LogP contribution in [-0.2, 0) is 0 Å². The highest BCUT2D eigenvalue weighted by Gasteiger charge is 2.47. The summed E-state index contributed by atoms with van der Waals surface area (Å²) in [5.74, 6) is 4.88. The van der Waals surface area contributed by atoms with Gasteiger partial charge in [-0.2, -0.15) is 0 Å². The number of rotatable bonds is 13. The van der Waals surface area contributed by atoms with Crippen LogP contribution in [0, 0.1) is 0 Å². The zero-order valence-electron chi connectivity index (χ0n) is 43.1. The predicted octanol–water partition coefficient (Wildman–Crippen LogP) is 18.4. The number of ether oxygens (including phenoxy) is 2. The maximum Gasteiger partial charge on any atom is 1.20 e. The summed E-state index contributed by atoms with van der Waals surface area (Å²) in [5.41, 5.74) is 11.7. The molecule has 4 heterocycles. The summed E-state index contributed by atoms with van der Waals surface area (Å²) in [6, 6.07) is 87.7. The number of para-hydroxylation sites is 14. The minimum absolute atomic E-state index is 0.360. The Labute approximate surface area is 470 Å². The van der Waals surface area contributed by atoms with E-state index in [4.69, 9.17) is 39.6 Å². The van der Waals surface area contributed by atoms with Crippen LogP contribution in [-0.4, -0.2) is 25.1 Å². The Bertz CT molecular complexity index is 4040. The standard InChI is InChI=1S/2C25H16N2O3.C18H15NO.Al/c2*28-21-15-16(13-14-17(21)25-26-18-7-1-4-10-22(18)30-25)27-19-8-2-5-11-23(19)29-24-12-6-3-9-20(24)27;20-18-13-11-17(12-14-18)19(15-7-3-1-4-8-15)16-9-5-2-6-10-16;/h2*1-15,28H;1-14,20H;/q;;;+3/p-3. The van der Waals surface area contributed by atoms with E-state index in [1.165, 1.54) is 0 Å². The monoisotopic (exact) mass is 1070 g/mol. The summed E-state index contributed by atoms with van der Waals surface area (Å²) >= 11 is -3.58. The van der Waals surface area contributed by atoms with Crippen LogP contribution in [0.5, 0.6) is 40.2 Å². The van der Waals surface area contributed by atoms with Gasteiger partial charge in [0, 0.05) is 29.2 Å². The molecule has 0 saturated heterocycles. The summed E-state index contributed by atoms with van der Waals surface area (Å²) in [6.45, 7) is 0. The van der Waals surface area contributed by atoms with Crippen molar-refractivity contribution in [3.63, 3.8) is 0 Å². The molecule has 0 N–H and O–H groups in total. The lowest BCUT2D eigenvalue weighted by molar-refractivity contribution is 0.308. The van der Waals surface area contributed by atoms with E-state index < -0.39 is 15.1 Å². The second kappa shape index (κ2) is 20.3. The first-order valence-corrected chi connectivity index (χ1v) is 27.9. The van der Waals surface area contributed by atoms with Crippen LogP contribution in [0.1, 0.15) is 0 Å². The second-order valence-corrected chi connectivity index (χ2v) is 20.5. The molecule has 2 aromatic heterocycles. The van der Waals surface area contributed by atoms with Crippen LogP contribution in [0.2, 0.25) is 0 Å². The third-order valence-electron chi connectivity index (χ3n) is 14.2. The molecule has 0 unspecified atom stereocenters. The van der Waals surface area contributed by atoms with Crippen molar-refractivity contribution in [1.29, 1.82) is 0 Å². The van der Waals surface area contributed by atoms with Crippen molar-refractivity contribution >= 4 is 88.5 Å². The van der Waals surface area contributed by atoms with E-state index in [2.05, 4.69) is 39.0 Å². The summed E-state index contributed by atoms with van der Waals surface area (Å²) in [5, 5.41) is 0. The Balaban J connectivity index is 0.902. The fraction of sp³-hybridized carbons (Fsp3) is 0. The molecule has 12 nitrogen and oxygen atoms in total. The molecule has 0 saturated carbocycles. The Kier molecular flexibility index (Phi) is 11.9. The van der Waals surface area contributed by atoms with Gasteiger partial charge in [0.15, 0.2) is 34.2 Å². The fourth-order valence-electron chi connectivity index (χ4n) is 10.5. The van der Waals surface area contributed by atoms with Gasteiger partial charge in [0.1, 0.15) is 22.5 Å². The molecule has 2 aliphatic rings. The van der Waals surface area contributed by atoms with E-state index in [1.807, 2.05) is 243 Å². The van der Waals surface area contributed by atoms with Gasteiger partial charge in [-0.25, -0.2) is 9.97 Å². The first-order chi connectivity index (χ1) is 40.1. The van der Waals surface area contributed by atoms with Gasteiger partial charge in [0.25, 0.3) is 0 Å². The van der Waals surface area contributed by atoms with Crippen LogP contribution in [0.4, 0.5) is 51.2 Å². The van der Waals surface area contributed by atoms with Crippen molar-refractivity contribution < 1.29 is 29.7 Å². The van der Waals surface area contributed by atoms with E-state index in [9.17, 15) is 0 Å². The van der Waals surface area contributed by atoms with Gasteiger partial charge >= 0.3 is 15.1 Å². The summed E-state index contributed by atoms with van der Waals surface area (Å²) in [4.78, 5) is 16.5. The molecule has 81 heavy (non-hydrogen) atoms. The SMILES string of the molecule is c1ccc(N(c2ccccc2)c2ccc([O][Al]([O]c3cc(N4c5ccccc5Oc5ccccc54)ccc3-c3nc4ccccc4o3)[O]c3cc(N4c5ccccc5Oc5ccccc54)ccc3-c3nc4ccccc4o3)cc2)cc1. The molecule has 0 amide bonds. The highest BCUT2D eigenvalue weighted by atomic mass is 27.3. The number of aromatic nitrogens is 2. The molecule has 0 fully saturated rings. The average molecular weight is 1070 g/mol. The molecule has 15 rings (SSSR count). The van der Waals surface area contributed by atoms with Crippen molar-refractivity contribution in [3.8, 4) is 63.2 Å². The maximum absolute atomic E-state index is 7.42. The Morgan fingerprint density at radius 1 is 0.346 bits per heavy atom. The van der Waals surface area contributed by atoms with Crippen LogP contribution in [0.3, 0.4) is 0 Å². The lowest BCUT2D eigenvalue weighted by Gasteiger charge is -2.33. The Morgan fingerprint density at radius 2 is 0.716 bits per heavy atom. The number of nitrogens with zero attached hydrogens (tertiary/aromatic N) is 5. The summed E-state index contributed by atoms with van der Waals surface area (Å²) in [7, 11) is 0. The highest BCUT2D eigenvalue weighted by molar-refractivity contribution is 6.40. The number of hydrogen-bond donors (Lipinski definition) is 0. The second-order valence-electron chi connectivity index (χ2n) is 19.2. The predicted molar refractivity (Wildman–Crippen MR) is 317 cm³/mol. The largest absolute Gasteiger partial charge is 1.20 e. The van der Waals surface area contributed by atoms with Gasteiger partial charge in [-0.1, -0.05) is 109 Å². The quantitative estimate of drug-likeness (QED) is 0.103. The van der Waals surface area contributed by atoms with Gasteiger partial charge in [-0.3, -0.25) is 0 Å². The summed E-state index contributed by atoms with van der Waals surface area (Å²) in [6.07, 6.45) is 0. The zero-order valence-corrected chi connectivity index (χ0v) is 44.2. The molecule has 0 radical (unpaired) electrons. The molecular formula is C68H44AlN5O7. The highest BCUT2D eigenvalue weighted by Crippen LogP contribution is 2.53. The molecule has 11 aromatic carbocycles. The minimum atomic E-state index is -3.58. The van der Waals surface area contributed by atoms with Crippen molar-refractivity contribution in [1.82, 2.24) is 9.97 Å². The van der Waals surface area contributed by atoms with Crippen LogP contribution < -0.4 is 35.5 Å². The van der Waals surface area contributed by atoms with Gasteiger partial charge in [-0.15, -0.1) is 0 Å². The smallest absolute Gasteiger partial charge is 0.577 e. The average Bonchev–Trinajstić information content (AvgIpc) is 4.30. The lowest BCUT2D eigenvalue weighted by Crippen LogP contribution is -2.37. The molecule has 13 heteroatoms. The van der Waals surface area contributed by atoms with E-state index in [-0.39, 0.29) is 0 Å². The normalized spacial score (nSPS) is 12.1. The van der Waals surface area contributed by atoms with E-state index in [0.717, 1.165) is 51.2 Å². The van der Waals surface area contributed by atoms with Crippen molar-refractivity contribution in [2.24, 2.45) is 0 Å². The number of benzene rings is 11. The first kappa shape index (κ1) is 47.5. The van der Waals surface area contributed by atoms with Gasteiger partial charge in [0.05, 0.1) is 51.0 Å². The number of oxazole rings is 2. The molecule has 0 aliphatic carbocycles. The fourth-order valence-corrected chi connectivity index (χ4v) is 11.8. The Hall–Kier alpha value is -10.7. The van der Waals surface area contributed by atoms with E-state index >= 15 is 0 Å². The minimum Gasteiger partial charge on any atom is -0.577 e. The van der Waals surface area contributed by atoms with E-state index in [0.29, 0.717) is 85.4 Å². The number of fused-ring (bicyclic) bond motifs is 6.